The third-order valence-corrected chi connectivity index (χ3v) is 8.81. The second kappa shape index (κ2) is 12.8. The molecular weight excluding hydrogens is 422 g/mol. The molecule has 2 heteroatoms. The van der Waals surface area contributed by atoms with Gasteiger partial charge in [-0.1, -0.05) is 75.4 Å². The van der Waals surface area contributed by atoms with Crippen molar-refractivity contribution in [1.29, 1.82) is 0 Å². The van der Waals surface area contributed by atoms with Crippen LogP contribution in [0.2, 0.25) is 0 Å². The van der Waals surface area contributed by atoms with E-state index in [4.69, 9.17) is 0 Å². The molecule has 0 aliphatic heterocycles. The standard InChI is InChI=1S/C32H44F2/c1-2-3-6-24-8-12-26(13-9-24)27-16-18-28(19-17-27)30-20-21-31(32(34)23-30)29-14-10-25(11-15-29)7-4-5-22-33/h16-21,23-26,29H,2-15,22H2,1H3/t24-,25-,26-,29-. The lowest BCUT2D eigenvalue weighted by molar-refractivity contribution is 0.295. The van der Waals surface area contributed by atoms with Crippen LogP contribution in [0.4, 0.5) is 8.78 Å². The third-order valence-electron chi connectivity index (χ3n) is 8.81. The first-order chi connectivity index (χ1) is 16.7. The van der Waals surface area contributed by atoms with Gasteiger partial charge in [-0.15, -0.1) is 0 Å². The summed E-state index contributed by atoms with van der Waals surface area (Å²) in [6.45, 7) is 2.09. The zero-order valence-electron chi connectivity index (χ0n) is 21.2. The van der Waals surface area contributed by atoms with Gasteiger partial charge in [0, 0.05) is 0 Å². The zero-order valence-corrected chi connectivity index (χ0v) is 21.2. The van der Waals surface area contributed by atoms with Crippen LogP contribution in [0.3, 0.4) is 0 Å². The van der Waals surface area contributed by atoms with Gasteiger partial charge in [-0.05, 0) is 110 Å². The maximum atomic E-state index is 15.1. The van der Waals surface area contributed by atoms with Crippen LogP contribution in [0.1, 0.15) is 120 Å². The molecule has 0 aromatic heterocycles. The number of benzene rings is 2. The summed E-state index contributed by atoms with van der Waals surface area (Å²) in [7, 11) is 0. The number of hydrogen-bond donors (Lipinski definition) is 0. The van der Waals surface area contributed by atoms with Crippen molar-refractivity contribution in [1.82, 2.24) is 0 Å². The molecule has 0 spiro atoms. The fraction of sp³-hybridized carbons (Fsp3) is 0.625. The van der Waals surface area contributed by atoms with Gasteiger partial charge in [-0.25, -0.2) is 4.39 Å². The van der Waals surface area contributed by atoms with Crippen LogP contribution in [-0.2, 0) is 0 Å². The number of alkyl halides is 1. The topological polar surface area (TPSA) is 0 Å². The van der Waals surface area contributed by atoms with E-state index in [2.05, 4.69) is 37.3 Å². The van der Waals surface area contributed by atoms with Crippen LogP contribution in [0.5, 0.6) is 0 Å². The molecule has 0 amide bonds. The summed E-state index contributed by atoms with van der Waals surface area (Å²) in [5.41, 5.74) is 4.44. The molecule has 0 unspecified atom stereocenters. The van der Waals surface area contributed by atoms with E-state index in [-0.39, 0.29) is 12.5 Å². The van der Waals surface area contributed by atoms with E-state index in [1.165, 1.54) is 50.5 Å². The first-order valence-corrected chi connectivity index (χ1v) is 14.1. The first-order valence-electron chi connectivity index (χ1n) is 14.1. The fourth-order valence-corrected chi connectivity index (χ4v) is 6.55. The lowest BCUT2D eigenvalue weighted by Crippen LogP contribution is -2.14. The summed E-state index contributed by atoms with van der Waals surface area (Å²) in [5, 5.41) is 0. The molecule has 0 N–H and O–H groups in total. The van der Waals surface area contributed by atoms with E-state index in [1.54, 1.807) is 6.07 Å². The molecule has 34 heavy (non-hydrogen) atoms. The van der Waals surface area contributed by atoms with E-state index in [1.807, 2.05) is 6.07 Å². The summed E-state index contributed by atoms with van der Waals surface area (Å²) < 4.78 is 27.5. The van der Waals surface area contributed by atoms with Gasteiger partial charge in [-0.2, -0.15) is 0 Å². The van der Waals surface area contributed by atoms with Gasteiger partial charge in [-0.3, -0.25) is 4.39 Å². The van der Waals surface area contributed by atoms with Gasteiger partial charge in [0.15, 0.2) is 0 Å². The van der Waals surface area contributed by atoms with Crippen molar-refractivity contribution in [2.75, 3.05) is 6.67 Å². The van der Waals surface area contributed by atoms with Gasteiger partial charge in [0.05, 0.1) is 6.67 Å². The minimum Gasteiger partial charge on any atom is -0.251 e. The predicted molar refractivity (Wildman–Crippen MR) is 141 cm³/mol. The van der Waals surface area contributed by atoms with Crippen LogP contribution >= 0.6 is 0 Å². The van der Waals surface area contributed by atoms with E-state index < -0.39 is 0 Å². The van der Waals surface area contributed by atoms with Crippen LogP contribution in [-0.4, -0.2) is 6.67 Å². The largest absolute Gasteiger partial charge is 0.251 e. The Morgan fingerprint density at radius 3 is 1.85 bits per heavy atom. The zero-order chi connectivity index (χ0) is 23.8. The molecular formula is C32H44F2. The molecule has 0 nitrogen and oxygen atoms in total. The molecule has 0 radical (unpaired) electrons. The summed E-state index contributed by atoms with van der Waals surface area (Å²) in [6, 6.07) is 14.8. The number of halogens is 2. The van der Waals surface area contributed by atoms with Gasteiger partial charge >= 0.3 is 0 Å². The Morgan fingerprint density at radius 2 is 1.26 bits per heavy atom. The smallest absolute Gasteiger partial charge is 0.127 e. The second-order valence-corrected chi connectivity index (χ2v) is 11.1. The predicted octanol–water partition coefficient (Wildman–Crippen LogP) is 10.4. The Labute approximate surface area is 206 Å². The van der Waals surface area contributed by atoms with Gasteiger partial charge in [0.25, 0.3) is 0 Å². The quantitative estimate of drug-likeness (QED) is 0.305. The van der Waals surface area contributed by atoms with Crippen molar-refractivity contribution in [3.05, 3.63) is 59.4 Å². The number of unbranched alkanes of at least 4 members (excludes halogenated alkanes) is 2. The van der Waals surface area contributed by atoms with Crippen LogP contribution < -0.4 is 0 Å². The Balaban J connectivity index is 1.32. The molecule has 2 aliphatic rings. The van der Waals surface area contributed by atoms with Gasteiger partial charge < -0.3 is 0 Å². The summed E-state index contributed by atoms with van der Waals surface area (Å²) >= 11 is 0. The van der Waals surface area contributed by atoms with Crippen molar-refractivity contribution < 1.29 is 8.78 Å². The molecule has 186 valence electrons. The van der Waals surface area contributed by atoms with Crippen LogP contribution in [0, 0.1) is 17.7 Å². The van der Waals surface area contributed by atoms with E-state index >= 15 is 4.39 Å². The maximum Gasteiger partial charge on any atom is 0.127 e. The summed E-state index contributed by atoms with van der Waals surface area (Å²) in [5.74, 6) is 2.62. The lowest BCUT2D eigenvalue weighted by atomic mass is 9.76. The third kappa shape index (κ3) is 6.70. The highest BCUT2D eigenvalue weighted by molar-refractivity contribution is 5.64. The molecule has 0 atom stereocenters. The molecule has 2 aromatic rings. The molecule has 2 aromatic carbocycles. The molecule has 2 fully saturated rings. The van der Waals surface area contributed by atoms with Gasteiger partial charge in [0.2, 0.25) is 0 Å². The lowest BCUT2D eigenvalue weighted by Gasteiger charge is -2.29. The molecule has 0 bridgehead atoms. The van der Waals surface area contributed by atoms with Crippen molar-refractivity contribution in [2.45, 2.75) is 109 Å². The minimum absolute atomic E-state index is 0.0483. The molecule has 4 rings (SSSR count). The second-order valence-electron chi connectivity index (χ2n) is 11.1. The molecule has 2 aliphatic carbocycles. The number of hydrogen-bond acceptors (Lipinski definition) is 0. The SMILES string of the molecule is CCCC[C@H]1CC[C@H](c2ccc(-c3ccc([C@H]4CC[C@H](CCCCF)CC4)c(F)c3)cc2)CC1. The van der Waals surface area contributed by atoms with Crippen molar-refractivity contribution in [3.8, 4) is 11.1 Å². The Morgan fingerprint density at radius 1 is 0.676 bits per heavy atom. The highest BCUT2D eigenvalue weighted by Gasteiger charge is 2.25. The van der Waals surface area contributed by atoms with Crippen LogP contribution in [0.25, 0.3) is 11.1 Å². The average molecular weight is 467 g/mol. The van der Waals surface area contributed by atoms with Crippen molar-refractivity contribution in [3.63, 3.8) is 0 Å². The van der Waals surface area contributed by atoms with Crippen LogP contribution in [0.15, 0.2) is 42.5 Å². The number of rotatable bonds is 10. The van der Waals surface area contributed by atoms with E-state index in [0.717, 1.165) is 61.1 Å². The summed E-state index contributed by atoms with van der Waals surface area (Å²) in [6.07, 6.45) is 16.7. The molecule has 0 heterocycles. The molecule has 2 saturated carbocycles. The highest BCUT2D eigenvalue weighted by Crippen LogP contribution is 2.40. The van der Waals surface area contributed by atoms with Crippen molar-refractivity contribution in [2.24, 2.45) is 11.8 Å². The Bertz CT molecular complexity index is 855. The Hall–Kier alpha value is -1.70. The normalized spacial score (nSPS) is 25.4. The maximum absolute atomic E-state index is 15.1. The van der Waals surface area contributed by atoms with Gasteiger partial charge in [0.1, 0.15) is 5.82 Å². The monoisotopic (exact) mass is 466 g/mol. The minimum atomic E-state index is -0.199. The first kappa shape index (κ1) is 25.4. The molecule has 0 saturated heterocycles. The average Bonchev–Trinajstić information content (AvgIpc) is 2.88. The van der Waals surface area contributed by atoms with E-state index in [0.29, 0.717) is 24.2 Å². The van der Waals surface area contributed by atoms with E-state index in [9.17, 15) is 4.39 Å². The highest BCUT2D eigenvalue weighted by atomic mass is 19.1. The Kier molecular flexibility index (Phi) is 9.59. The van der Waals surface area contributed by atoms with Crippen molar-refractivity contribution >= 4 is 0 Å². The summed E-state index contributed by atoms with van der Waals surface area (Å²) in [4.78, 5) is 0. The fourth-order valence-electron chi connectivity index (χ4n) is 6.55.